The van der Waals surface area contributed by atoms with Crippen molar-refractivity contribution in [3.63, 3.8) is 0 Å². The molecule has 0 amide bonds. The van der Waals surface area contributed by atoms with Crippen LogP contribution in [0.4, 0.5) is 10.2 Å². The van der Waals surface area contributed by atoms with Crippen molar-refractivity contribution in [1.29, 1.82) is 0 Å². The molecule has 82 valence electrons. The molecule has 15 heavy (non-hydrogen) atoms. The predicted octanol–water partition coefficient (Wildman–Crippen LogP) is 2.92. The first-order valence-corrected chi connectivity index (χ1v) is 6.68. The third-order valence-corrected chi connectivity index (χ3v) is 3.90. The summed E-state index contributed by atoms with van der Waals surface area (Å²) in [5.74, 6) is 1.27. The minimum atomic E-state index is -0.247. The van der Waals surface area contributed by atoms with Crippen molar-refractivity contribution in [3.8, 4) is 0 Å². The zero-order chi connectivity index (χ0) is 10.8. The third kappa shape index (κ3) is 2.64. The Morgan fingerprint density at radius 1 is 1.67 bits per heavy atom. The normalized spacial score (nSPS) is 21.8. The second kappa shape index (κ2) is 4.70. The summed E-state index contributed by atoms with van der Waals surface area (Å²) in [7, 11) is 0. The molecule has 5 heteroatoms. The Hall–Kier alpha value is -0.290. The summed E-state index contributed by atoms with van der Waals surface area (Å²) in [6, 6.07) is 1.47. The van der Waals surface area contributed by atoms with Crippen molar-refractivity contribution in [3.05, 3.63) is 22.6 Å². The van der Waals surface area contributed by atoms with Gasteiger partial charge in [0.1, 0.15) is 0 Å². The second-order valence-corrected chi connectivity index (χ2v) is 6.05. The number of halogens is 2. The summed E-state index contributed by atoms with van der Waals surface area (Å²) in [6.45, 7) is 3.91. The number of hydrogen-bond acceptors (Lipinski definition) is 3. The molecule has 1 aromatic rings. The van der Waals surface area contributed by atoms with Crippen molar-refractivity contribution in [2.24, 2.45) is 0 Å². The largest absolute Gasteiger partial charge is 0.352 e. The van der Waals surface area contributed by atoms with Gasteiger partial charge in [0.25, 0.3) is 0 Å². The van der Waals surface area contributed by atoms with Gasteiger partial charge in [-0.3, -0.25) is 0 Å². The molecule has 2 rings (SSSR count). The molecule has 0 radical (unpaired) electrons. The van der Waals surface area contributed by atoms with Crippen LogP contribution in [0.25, 0.3) is 0 Å². The molecule has 1 atom stereocenters. The highest BCUT2D eigenvalue weighted by molar-refractivity contribution is 9.10. The monoisotopic (exact) mass is 290 g/mol. The van der Waals surface area contributed by atoms with Crippen molar-refractivity contribution >= 4 is 33.5 Å². The van der Waals surface area contributed by atoms with E-state index in [0.29, 0.717) is 15.5 Å². The van der Waals surface area contributed by atoms with Crippen molar-refractivity contribution in [2.45, 2.75) is 12.2 Å². The number of pyridine rings is 1. The fourth-order valence-corrected chi connectivity index (χ4v) is 2.97. The quantitative estimate of drug-likeness (QED) is 0.791. The molecule has 1 fully saturated rings. The van der Waals surface area contributed by atoms with E-state index < -0.39 is 0 Å². The van der Waals surface area contributed by atoms with Gasteiger partial charge in [-0.25, -0.2) is 9.37 Å². The maximum absolute atomic E-state index is 13.6. The molecular weight excluding hydrogens is 279 g/mol. The molecule has 0 aromatic carbocycles. The molecule has 0 spiro atoms. The minimum absolute atomic E-state index is 0.247. The summed E-state index contributed by atoms with van der Waals surface area (Å²) >= 11 is 5.13. The van der Waals surface area contributed by atoms with E-state index in [1.165, 1.54) is 6.07 Å². The summed E-state index contributed by atoms with van der Waals surface area (Å²) in [4.78, 5) is 6.15. The van der Waals surface area contributed by atoms with Crippen LogP contribution in [0, 0.1) is 5.82 Å². The van der Waals surface area contributed by atoms with Crippen LogP contribution in [0.2, 0.25) is 0 Å². The fraction of sp³-hybridized carbons (Fsp3) is 0.500. The molecule has 0 bridgehead atoms. The SMILES string of the molecule is CC1CN(c2ncc(Br)cc2F)CCS1. The van der Waals surface area contributed by atoms with Gasteiger partial charge >= 0.3 is 0 Å². The Morgan fingerprint density at radius 3 is 3.13 bits per heavy atom. The number of hydrogen-bond donors (Lipinski definition) is 0. The van der Waals surface area contributed by atoms with E-state index in [2.05, 4.69) is 27.8 Å². The lowest BCUT2D eigenvalue weighted by Gasteiger charge is -2.31. The van der Waals surface area contributed by atoms with E-state index in [1.807, 2.05) is 16.7 Å². The van der Waals surface area contributed by atoms with E-state index in [0.717, 1.165) is 18.8 Å². The number of nitrogens with zero attached hydrogens (tertiary/aromatic N) is 2. The molecule has 2 heterocycles. The van der Waals surface area contributed by atoms with Gasteiger partial charge in [0.15, 0.2) is 11.6 Å². The van der Waals surface area contributed by atoms with Crippen LogP contribution in [0.3, 0.4) is 0 Å². The standard InChI is InChI=1S/C10H12BrFN2S/c1-7-6-14(2-3-15-7)10-9(12)4-8(11)5-13-10/h4-5,7H,2-3,6H2,1H3. The summed E-state index contributed by atoms with van der Waals surface area (Å²) in [5.41, 5.74) is 0. The Morgan fingerprint density at radius 2 is 2.47 bits per heavy atom. The molecule has 1 aromatic heterocycles. The highest BCUT2D eigenvalue weighted by Crippen LogP contribution is 2.25. The van der Waals surface area contributed by atoms with Crippen LogP contribution in [0.1, 0.15) is 6.92 Å². The maximum Gasteiger partial charge on any atom is 0.166 e. The average Bonchev–Trinajstić information content (AvgIpc) is 2.17. The van der Waals surface area contributed by atoms with E-state index in [4.69, 9.17) is 0 Å². The number of aromatic nitrogens is 1. The zero-order valence-corrected chi connectivity index (χ0v) is 10.8. The zero-order valence-electron chi connectivity index (χ0n) is 8.41. The molecule has 1 saturated heterocycles. The van der Waals surface area contributed by atoms with Gasteiger partial charge in [0.2, 0.25) is 0 Å². The summed E-state index contributed by atoms with van der Waals surface area (Å²) in [6.07, 6.45) is 1.64. The Balaban J connectivity index is 2.21. The van der Waals surface area contributed by atoms with E-state index in [9.17, 15) is 4.39 Å². The third-order valence-electron chi connectivity index (χ3n) is 2.33. The van der Waals surface area contributed by atoms with E-state index in [-0.39, 0.29) is 5.82 Å². The van der Waals surface area contributed by atoms with Crippen LogP contribution >= 0.6 is 27.7 Å². The lowest BCUT2D eigenvalue weighted by atomic mass is 10.3. The Bertz CT molecular complexity index is 361. The molecule has 0 N–H and O–H groups in total. The summed E-state index contributed by atoms with van der Waals surface area (Å²) in [5, 5.41) is 0.545. The van der Waals surface area contributed by atoms with Crippen LogP contribution in [-0.4, -0.2) is 29.1 Å². The van der Waals surface area contributed by atoms with Gasteiger partial charge in [-0.2, -0.15) is 11.8 Å². The smallest absolute Gasteiger partial charge is 0.166 e. The van der Waals surface area contributed by atoms with Crippen molar-refractivity contribution in [2.75, 3.05) is 23.7 Å². The van der Waals surface area contributed by atoms with Crippen LogP contribution in [-0.2, 0) is 0 Å². The van der Waals surface area contributed by atoms with Crippen molar-refractivity contribution < 1.29 is 4.39 Å². The Labute approximate surface area is 101 Å². The predicted molar refractivity (Wildman–Crippen MR) is 66.0 cm³/mol. The molecular formula is C10H12BrFN2S. The van der Waals surface area contributed by atoms with Gasteiger partial charge in [0.05, 0.1) is 0 Å². The molecule has 0 aliphatic carbocycles. The van der Waals surface area contributed by atoms with Gasteiger partial charge in [0, 0.05) is 34.8 Å². The van der Waals surface area contributed by atoms with E-state index in [1.54, 1.807) is 6.20 Å². The average molecular weight is 291 g/mol. The number of anilines is 1. The minimum Gasteiger partial charge on any atom is -0.352 e. The fourth-order valence-electron chi connectivity index (χ4n) is 1.65. The topological polar surface area (TPSA) is 16.1 Å². The molecule has 2 nitrogen and oxygen atoms in total. The van der Waals surface area contributed by atoms with Crippen LogP contribution < -0.4 is 4.90 Å². The number of thioether (sulfide) groups is 1. The van der Waals surface area contributed by atoms with Crippen molar-refractivity contribution in [1.82, 2.24) is 4.98 Å². The molecule has 1 aliphatic heterocycles. The first-order valence-electron chi connectivity index (χ1n) is 4.84. The lowest BCUT2D eigenvalue weighted by molar-refractivity contribution is 0.607. The van der Waals surface area contributed by atoms with Crippen LogP contribution in [0.5, 0.6) is 0 Å². The highest BCUT2D eigenvalue weighted by Gasteiger charge is 2.20. The van der Waals surface area contributed by atoms with Gasteiger partial charge in [-0.05, 0) is 22.0 Å². The first kappa shape index (κ1) is 11.2. The highest BCUT2D eigenvalue weighted by atomic mass is 79.9. The number of rotatable bonds is 1. The maximum atomic E-state index is 13.6. The molecule has 1 unspecified atom stereocenters. The lowest BCUT2D eigenvalue weighted by Crippen LogP contribution is -2.37. The second-order valence-electron chi connectivity index (χ2n) is 3.59. The van der Waals surface area contributed by atoms with Gasteiger partial charge in [-0.15, -0.1) is 0 Å². The van der Waals surface area contributed by atoms with Crippen LogP contribution in [0.15, 0.2) is 16.7 Å². The first-order chi connectivity index (χ1) is 7.16. The Kier molecular flexibility index (Phi) is 3.51. The summed E-state index contributed by atoms with van der Waals surface area (Å²) < 4.78 is 14.3. The van der Waals surface area contributed by atoms with E-state index >= 15 is 0 Å². The van der Waals surface area contributed by atoms with Gasteiger partial charge in [-0.1, -0.05) is 6.92 Å². The van der Waals surface area contributed by atoms with Gasteiger partial charge < -0.3 is 4.90 Å². The molecule has 1 aliphatic rings. The molecule has 0 saturated carbocycles.